The van der Waals surface area contributed by atoms with Crippen LogP contribution >= 0.6 is 0 Å². The zero-order valence-electron chi connectivity index (χ0n) is 15.6. The van der Waals surface area contributed by atoms with Crippen molar-refractivity contribution >= 4 is 11.6 Å². The molecule has 0 amide bonds. The van der Waals surface area contributed by atoms with Crippen LogP contribution in [0.15, 0.2) is 23.8 Å². The van der Waals surface area contributed by atoms with Crippen molar-refractivity contribution in [3.05, 3.63) is 23.8 Å². The summed E-state index contributed by atoms with van der Waals surface area (Å²) in [4.78, 5) is 24.4. The van der Waals surface area contributed by atoms with Gasteiger partial charge in [-0.3, -0.25) is 9.59 Å². The largest absolute Gasteiger partial charge is 0.390 e. The average Bonchev–Trinajstić information content (AvgIpc) is 2.90. The van der Waals surface area contributed by atoms with Gasteiger partial charge in [0.25, 0.3) is 0 Å². The molecule has 0 bridgehead atoms. The first-order valence-corrected chi connectivity index (χ1v) is 10.0. The van der Waals surface area contributed by atoms with Crippen molar-refractivity contribution < 1.29 is 19.1 Å². The molecule has 0 aromatic rings. The molecule has 0 aliphatic heterocycles. The number of halogens is 1. The molecular weight excluding hydrogens is 331 g/mol. The third-order valence-electron chi connectivity index (χ3n) is 9.28. The maximum absolute atomic E-state index is 16.8. The molecule has 0 unspecified atom stereocenters. The van der Waals surface area contributed by atoms with E-state index in [1.54, 1.807) is 6.08 Å². The molecule has 5 aliphatic carbocycles. The number of hydrogen-bond acceptors (Lipinski definition) is 3. The molecule has 1 spiro atoms. The van der Waals surface area contributed by atoms with Crippen LogP contribution < -0.4 is 0 Å². The third kappa shape index (κ3) is 1.56. The van der Waals surface area contributed by atoms with Gasteiger partial charge >= 0.3 is 0 Å². The number of aliphatic hydroxyl groups is 1. The molecule has 0 aromatic heterocycles. The lowest BCUT2D eigenvalue weighted by Crippen LogP contribution is -2.68. The van der Waals surface area contributed by atoms with Crippen molar-refractivity contribution in [2.75, 3.05) is 0 Å². The molecule has 3 fully saturated rings. The number of hydrogen-bond donors (Lipinski definition) is 1. The number of alkyl halides is 1. The van der Waals surface area contributed by atoms with Crippen molar-refractivity contribution in [1.82, 2.24) is 0 Å². The van der Waals surface area contributed by atoms with Gasteiger partial charge < -0.3 is 5.11 Å². The van der Waals surface area contributed by atoms with Crippen molar-refractivity contribution in [3.63, 3.8) is 0 Å². The predicted molar refractivity (Wildman–Crippen MR) is 95.0 cm³/mol. The molecule has 1 N–H and O–H groups in total. The Morgan fingerprint density at radius 1 is 1.15 bits per heavy atom. The van der Waals surface area contributed by atoms with Crippen LogP contribution in [-0.2, 0) is 9.59 Å². The number of Topliss-reactive ketones (excluding diaryl/α,β-unsaturated/α-hetero) is 1. The summed E-state index contributed by atoms with van der Waals surface area (Å²) in [5.41, 5.74) is -2.54. The minimum absolute atomic E-state index is 0.0409. The van der Waals surface area contributed by atoms with Crippen LogP contribution in [0.1, 0.15) is 58.8 Å². The second-order valence-electron chi connectivity index (χ2n) is 9.84. The number of carbonyl (C=O) groups is 2. The van der Waals surface area contributed by atoms with Gasteiger partial charge in [0.1, 0.15) is 5.78 Å². The first-order chi connectivity index (χ1) is 12.2. The number of allylic oxidation sites excluding steroid dienone is 4. The van der Waals surface area contributed by atoms with E-state index in [0.717, 1.165) is 24.8 Å². The number of carbonyl (C=O) groups excluding carboxylic acids is 2. The number of ketones is 2. The summed E-state index contributed by atoms with van der Waals surface area (Å²) >= 11 is 0. The Hall–Kier alpha value is -1.29. The standard InChI is InChI=1S/C22H27FO3/c1-19-8-5-14(24)11-13(19)3-4-16-15-6-9-21(10-7-17(21)25)20(15,2)12-18(26)22(16,19)23/h3-4,11,15-16,18,26H,5-10,12H2,1-2H3/t15-,16-,18-,19-,20-,21-,22-/m0/s1. The SMILES string of the molecule is C[C@]12CCC(=O)C=C1C=C[C@H]1[C@@H]3CC[C@@]4(CCC4=O)[C@@]3(C)C[C@H](O)[C@@]12F. The third-order valence-corrected chi connectivity index (χ3v) is 9.28. The summed E-state index contributed by atoms with van der Waals surface area (Å²) in [6.07, 6.45) is 8.62. The highest BCUT2D eigenvalue weighted by Crippen LogP contribution is 2.73. The molecule has 0 aromatic carbocycles. The van der Waals surface area contributed by atoms with E-state index in [9.17, 15) is 14.7 Å². The summed E-state index contributed by atoms with van der Waals surface area (Å²) in [6.45, 7) is 4.00. The minimum atomic E-state index is -1.77. The maximum Gasteiger partial charge on any atom is 0.156 e. The smallest absolute Gasteiger partial charge is 0.156 e. The minimum Gasteiger partial charge on any atom is -0.390 e. The highest BCUT2D eigenvalue weighted by Gasteiger charge is 2.74. The van der Waals surface area contributed by atoms with Crippen LogP contribution in [-0.4, -0.2) is 28.4 Å². The zero-order chi connectivity index (χ0) is 18.5. The Morgan fingerprint density at radius 2 is 1.92 bits per heavy atom. The highest BCUT2D eigenvalue weighted by atomic mass is 19.1. The van der Waals surface area contributed by atoms with E-state index in [1.807, 2.05) is 19.1 Å². The van der Waals surface area contributed by atoms with Crippen LogP contribution in [0.5, 0.6) is 0 Å². The van der Waals surface area contributed by atoms with Gasteiger partial charge in [0, 0.05) is 29.6 Å². The van der Waals surface area contributed by atoms with Gasteiger partial charge in [-0.2, -0.15) is 0 Å². The topological polar surface area (TPSA) is 54.4 Å². The second kappa shape index (κ2) is 4.76. The quantitative estimate of drug-likeness (QED) is 0.718. The predicted octanol–water partition coefficient (Wildman–Crippen LogP) is 3.71. The Bertz CT molecular complexity index is 784. The molecular formula is C22H27FO3. The van der Waals surface area contributed by atoms with E-state index in [1.165, 1.54) is 0 Å². The van der Waals surface area contributed by atoms with E-state index in [4.69, 9.17) is 0 Å². The van der Waals surface area contributed by atoms with Crippen LogP contribution in [0.4, 0.5) is 4.39 Å². The van der Waals surface area contributed by atoms with Gasteiger partial charge in [-0.25, -0.2) is 4.39 Å². The first-order valence-electron chi connectivity index (χ1n) is 10.0. The van der Waals surface area contributed by atoms with E-state index in [2.05, 4.69) is 6.92 Å². The first kappa shape index (κ1) is 16.9. The molecule has 0 radical (unpaired) electrons. The molecule has 26 heavy (non-hydrogen) atoms. The summed E-state index contributed by atoms with van der Waals surface area (Å²) in [6, 6.07) is 0. The van der Waals surface area contributed by atoms with Crippen molar-refractivity contribution in [2.45, 2.75) is 70.6 Å². The van der Waals surface area contributed by atoms with Crippen LogP contribution in [0.3, 0.4) is 0 Å². The molecule has 0 saturated heterocycles. The van der Waals surface area contributed by atoms with E-state index >= 15 is 4.39 Å². The Labute approximate surface area is 153 Å². The van der Waals surface area contributed by atoms with E-state index in [0.29, 0.717) is 31.5 Å². The second-order valence-corrected chi connectivity index (χ2v) is 9.84. The van der Waals surface area contributed by atoms with E-state index < -0.39 is 17.2 Å². The number of rotatable bonds is 0. The normalized spacial score (nSPS) is 55.1. The molecule has 140 valence electrons. The fourth-order valence-corrected chi connectivity index (χ4v) is 7.53. The van der Waals surface area contributed by atoms with Crippen molar-refractivity contribution in [2.24, 2.45) is 28.1 Å². The Morgan fingerprint density at radius 3 is 2.58 bits per heavy atom. The highest BCUT2D eigenvalue weighted by molar-refractivity contribution is 5.93. The fourth-order valence-electron chi connectivity index (χ4n) is 7.53. The summed E-state index contributed by atoms with van der Waals surface area (Å²) in [7, 11) is 0. The molecule has 4 heteroatoms. The fraction of sp³-hybridized carbons (Fsp3) is 0.727. The monoisotopic (exact) mass is 358 g/mol. The van der Waals surface area contributed by atoms with Gasteiger partial charge in [-0.05, 0) is 55.1 Å². The Balaban J connectivity index is 1.65. The van der Waals surface area contributed by atoms with Crippen molar-refractivity contribution in [1.29, 1.82) is 0 Å². The molecule has 3 saturated carbocycles. The molecule has 5 rings (SSSR count). The van der Waals surface area contributed by atoms with Crippen LogP contribution in [0.2, 0.25) is 0 Å². The lowest BCUT2D eigenvalue weighted by Gasteiger charge is -2.63. The van der Waals surface area contributed by atoms with Gasteiger partial charge in [0.2, 0.25) is 0 Å². The molecule has 0 heterocycles. The van der Waals surface area contributed by atoms with Crippen LogP contribution in [0.25, 0.3) is 0 Å². The van der Waals surface area contributed by atoms with Gasteiger partial charge in [0.05, 0.1) is 6.10 Å². The maximum atomic E-state index is 16.8. The average molecular weight is 358 g/mol. The van der Waals surface area contributed by atoms with Gasteiger partial charge in [-0.1, -0.05) is 26.0 Å². The summed E-state index contributed by atoms with van der Waals surface area (Å²) < 4.78 is 16.8. The molecule has 5 aliphatic rings. The summed E-state index contributed by atoms with van der Waals surface area (Å²) in [5.74, 6) is 0.0434. The summed E-state index contributed by atoms with van der Waals surface area (Å²) in [5, 5.41) is 11.2. The Kier molecular flexibility index (Phi) is 3.08. The molecule has 3 nitrogen and oxygen atoms in total. The van der Waals surface area contributed by atoms with Crippen LogP contribution in [0, 0.1) is 28.1 Å². The van der Waals surface area contributed by atoms with Gasteiger partial charge in [-0.15, -0.1) is 0 Å². The zero-order valence-corrected chi connectivity index (χ0v) is 15.6. The van der Waals surface area contributed by atoms with Gasteiger partial charge in [0.15, 0.2) is 11.5 Å². The van der Waals surface area contributed by atoms with E-state index in [-0.39, 0.29) is 28.4 Å². The lowest BCUT2D eigenvalue weighted by molar-refractivity contribution is -0.204. The number of aliphatic hydroxyl groups excluding tert-OH is 1. The lowest BCUT2D eigenvalue weighted by atomic mass is 9.42. The number of fused-ring (bicyclic) bond motifs is 6. The molecule has 7 atom stereocenters. The van der Waals surface area contributed by atoms with Crippen molar-refractivity contribution in [3.8, 4) is 0 Å².